The molecule has 2 fully saturated rings. The average Bonchev–Trinajstić information content (AvgIpc) is 3.36. The van der Waals surface area contributed by atoms with Gasteiger partial charge in [0.15, 0.2) is 6.10 Å². The number of hydrogen-bond donors (Lipinski definition) is 0. The van der Waals surface area contributed by atoms with Crippen LogP contribution in [0.4, 0.5) is 11.4 Å². The van der Waals surface area contributed by atoms with E-state index in [1.54, 1.807) is 55.7 Å². The van der Waals surface area contributed by atoms with Gasteiger partial charge in [0.2, 0.25) is 5.91 Å². The molecule has 2 heterocycles. The van der Waals surface area contributed by atoms with Crippen LogP contribution in [0.2, 0.25) is 10.0 Å². The lowest BCUT2D eigenvalue weighted by atomic mass is 9.89. The van der Waals surface area contributed by atoms with E-state index < -0.39 is 29.9 Å². The monoisotopic (exact) mass is 498 g/mol. The molecule has 3 aromatic carbocycles. The molecule has 0 spiro atoms. The Kier molecular flexibility index (Phi) is 5.85. The highest BCUT2D eigenvalue weighted by Gasteiger charge is 2.61. The fraction of sp³-hybridized carbons (Fsp3) is 0.200. The van der Waals surface area contributed by atoms with E-state index in [4.69, 9.17) is 37.5 Å². The maximum Gasteiger partial charge on any atom is 0.266 e. The van der Waals surface area contributed by atoms with Crippen LogP contribution < -0.4 is 19.4 Å². The van der Waals surface area contributed by atoms with Crippen LogP contribution in [-0.2, 0) is 14.4 Å². The number of amides is 2. The molecule has 0 unspecified atom stereocenters. The number of benzene rings is 3. The van der Waals surface area contributed by atoms with Gasteiger partial charge in [0.25, 0.3) is 5.91 Å². The van der Waals surface area contributed by atoms with Crippen molar-refractivity contribution in [2.75, 3.05) is 24.2 Å². The molecule has 5 rings (SSSR count). The Morgan fingerprint density at radius 3 is 2.21 bits per heavy atom. The second-order valence-electron chi connectivity index (χ2n) is 7.85. The van der Waals surface area contributed by atoms with Crippen molar-refractivity contribution in [3.05, 3.63) is 82.3 Å². The van der Waals surface area contributed by atoms with Crippen LogP contribution in [-0.4, -0.2) is 32.1 Å². The summed E-state index contributed by atoms with van der Waals surface area (Å²) in [4.78, 5) is 34.5. The minimum Gasteiger partial charge on any atom is -0.497 e. The Labute approximate surface area is 206 Å². The fourth-order valence-electron chi connectivity index (χ4n) is 4.52. The van der Waals surface area contributed by atoms with Gasteiger partial charge in [0, 0.05) is 5.56 Å². The number of ether oxygens (including phenoxy) is 2. The second kappa shape index (κ2) is 8.83. The van der Waals surface area contributed by atoms with Gasteiger partial charge in [-0.1, -0.05) is 47.5 Å². The smallest absolute Gasteiger partial charge is 0.266 e. The molecule has 34 heavy (non-hydrogen) atoms. The maximum atomic E-state index is 13.8. The predicted octanol–water partition coefficient (Wildman–Crippen LogP) is 5.06. The van der Waals surface area contributed by atoms with Gasteiger partial charge in [-0.25, -0.2) is 9.96 Å². The average molecular weight is 499 g/mol. The van der Waals surface area contributed by atoms with Crippen LogP contribution in [0, 0.1) is 5.92 Å². The number of carbonyl (C=O) groups is 2. The number of nitrogens with zero attached hydrogens (tertiary/aromatic N) is 2. The van der Waals surface area contributed by atoms with Crippen molar-refractivity contribution in [1.29, 1.82) is 0 Å². The molecule has 0 saturated carbocycles. The number of para-hydroxylation sites is 2. The van der Waals surface area contributed by atoms with E-state index in [0.717, 1.165) is 4.90 Å². The number of halogens is 2. The second-order valence-corrected chi connectivity index (χ2v) is 8.66. The number of anilines is 2. The van der Waals surface area contributed by atoms with Crippen LogP contribution in [0.25, 0.3) is 0 Å². The standard InChI is InChI=1S/C25H20Cl2N2O5/c1-32-15-11-12-19(33-2)16(13-15)21-20-23(34-29(21)14-7-4-3-5-8-14)25(31)28(24(20)30)22-17(26)9-6-10-18(22)27/h3-13,20-21,23H,1-2H3/t20-,21-,23+/m1/s1. The van der Waals surface area contributed by atoms with E-state index >= 15 is 0 Å². The number of rotatable bonds is 5. The van der Waals surface area contributed by atoms with E-state index in [9.17, 15) is 9.59 Å². The molecule has 2 aliphatic heterocycles. The summed E-state index contributed by atoms with van der Waals surface area (Å²) in [6.07, 6.45) is -1.07. The third-order valence-electron chi connectivity index (χ3n) is 6.04. The Hall–Kier alpha value is -3.26. The Morgan fingerprint density at radius 2 is 1.56 bits per heavy atom. The predicted molar refractivity (Wildman–Crippen MR) is 129 cm³/mol. The van der Waals surface area contributed by atoms with E-state index in [0.29, 0.717) is 22.7 Å². The first-order valence-corrected chi connectivity index (χ1v) is 11.3. The minimum atomic E-state index is -1.07. The number of hydrogen-bond acceptors (Lipinski definition) is 6. The van der Waals surface area contributed by atoms with Gasteiger partial charge in [-0.2, -0.15) is 0 Å². The summed E-state index contributed by atoms with van der Waals surface area (Å²) >= 11 is 12.7. The summed E-state index contributed by atoms with van der Waals surface area (Å²) in [7, 11) is 3.10. The zero-order chi connectivity index (χ0) is 24.0. The molecule has 0 aromatic heterocycles. The van der Waals surface area contributed by atoms with Crippen molar-refractivity contribution in [3.63, 3.8) is 0 Å². The molecule has 174 valence electrons. The highest BCUT2D eigenvalue weighted by molar-refractivity contribution is 6.42. The number of methoxy groups -OCH3 is 2. The van der Waals surface area contributed by atoms with Crippen molar-refractivity contribution in [3.8, 4) is 11.5 Å². The number of fused-ring (bicyclic) bond motifs is 1. The topological polar surface area (TPSA) is 68.3 Å². The van der Waals surface area contributed by atoms with Crippen LogP contribution in [0.5, 0.6) is 11.5 Å². The van der Waals surface area contributed by atoms with Gasteiger partial charge in [-0.05, 0) is 42.5 Å². The largest absolute Gasteiger partial charge is 0.497 e. The number of imide groups is 1. The normalized spacial score (nSPS) is 21.7. The third kappa shape index (κ3) is 3.48. The number of hydroxylamine groups is 1. The van der Waals surface area contributed by atoms with Gasteiger partial charge in [0.1, 0.15) is 23.5 Å². The van der Waals surface area contributed by atoms with Crippen molar-refractivity contribution >= 4 is 46.4 Å². The Morgan fingerprint density at radius 1 is 0.853 bits per heavy atom. The molecule has 2 aliphatic rings. The lowest BCUT2D eigenvalue weighted by Gasteiger charge is -2.30. The Bertz CT molecular complexity index is 1250. The minimum absolute atomic E-state index is 0.154. The molecular weight excluding hydrogens is 479 g/mol. The summed E-state index contributed by atoms with van der Waals surface area (Å²) in [6.45, 7) is 0. The lowest BCUT2D eigenvalue weighted by Crippen LogP contribution is -2.37. The summed E-state index contributed by atoms with van der Waals surface area (Å²) in [5.41, 5.74) is 1.49. The summed E-state index contributed by atoms with van der Waals surface area (Å²) in [5, 5.41) is 1.99. The maximum absolute atomic E-state index is 13.8. The molecule has 0 aliphatic carbocycles. The van der Waals surface area contributed by atoms with Crippen LogP contribution in [0.3, 0.4) is 0 Å². The molecule has 2 saturated heterocycles. The molecular formula is C25H20Cl2N2O5. The third-order valence-corrected chi connectivity index (χ3v) is 6.65. The quantitative estimate of drug-likeness (QED) is 0.458. The SMILES string of the molecule is COc1ccc(OC)c([C@@H]2[C@H]3C(=O)N(c4c(Cl)cccc4Cl)C(=O)[C@H]3ON2c2ccccc2)c1. The zero-order valence-electron chi connectivity index (χ0n) is 18.3. The molecule has 9 heteroatoms. The Balaban J connectivity index is 1.66. The first-order valence-electron chi connectivity index (χ1n) is 10.5. The lowest BCUT2D eigenvalue weighted by molar-refractivity contribution is -0.126. The van der Waals surface area contributed by atoms with Crippen LogP contribution >= 0.6 is 23.2 Å². The molecule has 0 bridgehead atoms. The van der Waals surface area contributed by atoms with Crippen molar-refractivity contribution in [1.82, 2.24) is 0 Å². The highest BCUT2D eigenvalue weighted by atomic mass is 35.5. The van der Waals surface area contributed by atoms with Gasteiger partial charge in [-0.15, -0.1) is 0 Å². The molecule has 0 N–H and O–H groups in total. The molecule has 3 aromatic rings. The molecule has 3 atom stereocenters. The first kappa shape index (κ1) is 22.5. The van der Waals surface area contributed by atoms with Crippen molar-refractivity contribution < 1.29 is 23.9 Å². The van der Waals surface area contributed by atoms with Crippen LogP contribution in [0.15, 0.2) is 66.7 Å². The molecule has 2 amide bonds. The van der Waals surface area contributed by atoms with Crippen molar-refractivity contribution in [2.24, 2.45) is 5.92 Å². The number of carbonyl (C=O) groups excluding carboxylic acids is 2. The molecule has 0 radical (unpaired) electrons. The molecule has 7 nitrogen and oxygen atoms in total. The fourth-order valence-corrected chi connectivity index (χ4v) is 5.09. The van der Waals surface area contributed by atoms with E-state index in [1.807, 2.05) is 30.3 Å². The van der Waals surface area contributed by atoms with Gasteiger partial charge in [-0.3, -0.25) is 14.4 Å². The van der Waals surface area contributed by atoms with Crippen molar-refractivity contribution in [2.45, 2.75) is 12.1 Å². The van der Waals surface area contributed by atoms with Gasteiger partial charge in [0.05, 0.1) is 35.6 Å². The zero-order valence-corrected chi connectivity index (χ0v) is 19.8. The van der Waals surface area contributed by atoms with Gasteiger partial charge < -0.3 is 9.47 Å². The van der Waals surface area contributed by atoms with E-state index in [-0.39, 0.29) is 15.7 Å². The van der Waals surface area contributed by atoms with E-state index in [1.165, 1.54) is 0 Å². The first-order chi connectivity index (χ1) is 16.5. The summed E-state index contributed by atoms with van der Waals surface area (Å²) < 4.78 is 11.0. The van der Waals surface area contributed by atoms with Gasteiger partial charge >= 0.3 is 0 Å². The van der Waals surface area contributed by atoms with E-state index in [2.05, 4.69) is 0 Å². The highest BCUT2D eigenvalue weighted by Crippen LogP contribution is 2.51. The summed E-state index contributed by atoms with van der Waals surface area (Å²) in [6, 6.07) is 18.7. The summed E-state index contributed by atoms with van der Waals surface area (Å²) in [5.74, 6) is -0.754. The van der Waals surface area contributed by atoms with Crippen LogP contribution in [0.1, 0.15) is 11.6 Å².